The van der Waals surface area contributed by atoms with Gasteiger partial charge in [0.25, 0.3) is 0 Å². The van der Waals surface area contributed by atoms with Gasteiger partial charge in [0.15, 0.2) is 0 Å². The van der Waals surface area contributed by atoms with Gasteiger partial charge in [-0.1, -0.05) is 6.07 Å². The third kappa shape index (κ3) is 4.48. The van der Waals surface area contributed by atoms with Crippen molar-refractivity contribution in [1.29, 1.82) is 0 Å². The zero-order valence-corrected chi connectivity index (χ0v) is 16.8. The number of carbonyl (C=O) groups is 2. The van der Waals surface area contributed by atoms with Gasteiger partial charge in [-0.15, -0.1) is 11.3 Å². The highest BCUT2D eigenvalue weighted by Gasteiger charge is 2.36. The lowest BCUT2D eigenvalue weighted by Gasteiger charge is -2.27. The Morgan fingerprint density at radius 1 is 1.21 bits per heavy atom. The monoisotopic (exact) mass is 419 g/mol. The zero-order valence-electron chi connectivity index (χ0n) is 15.9. The van der Waals surface area contributed by atoms with Crippen LogP contribution in [-0.2, 0) is 9.59 Å². The zero-order chi connectivity index (χ0) is 20.4. The molecule has 0 saturated carbocycles. The molecule has 2 fully saturated rings. The molecule has 0 aliphatic carbocycles. The van der Waals surface area contributed by atoms with E-state index in [9.17, 15) is 18.4 Å². The number of rotatable bonds is 6. The van der Waals surface area contributed by atoms with Gasteiger partial charge in [0, 0.05) is 36.1 Å². The molecule has 8 heteroatoms. The molecule has 4 rings (SSSR count). The number of carbonyl (C=O) groups excluding carboxylic acids is 2. The van der Waals surface area contributed by atoms with Crippen molar-refractivity contribution < 1.29 is 18.4 Å². The van der Waals surface area contributed by atoms with Crippen LogP contribution < -0.4 is 10.2 Å². The predicted octanol–water partition coefficient (Wildman–Crippen LogP) is 3.33. The second-order valence-corrected chi connectivity index (χ2v) is 8.53. The summed E-state index contributed by atoms with van der Waals surface area (Å²) in [6.07, 6.45) is 2.36. The van der Waals surface area contributed by atoms with Crippen molar-refractivity contribution in [1.82, 2.24) is 10.2 Å². The van der Waals surface area contributed by atoms with Crippen LogP contribution >= 0.6 is 11.3 Å². The summed E-state index contributed by atoms with van der Waals surface area (Å²) in [5.41, 5.74) is 0.149. The van der Waals surface area contributed by atoms with Gasteiger partial charge in [-0.05, 0) is 49.5 Å². The molecular weight excluding hydrogens is 396 g/mol. The summed E-state index contributed by atoms with van der Waals surface area (Å²) in [5.74, 6) is -2.52. The first-order valence-corrected chi connectivity index (χ1v) is 10.7. The summed E-state index contributed by atoms with van der Waals surface area (Å²) in [7, 11) is 0. The van der Waals surface area contributed by atoms with Crippen LogP contribution in [0.2, 0.25) is 0 Å². The number of hydrogen-bond acceptors (Lipinski definition) is 4. The van der Waals surface area contributed by atoms with Gasteiger partial charge in [-0.2, -0.15) is 0 Å². The van der Waals surface area contributed by atoms with E-state index in [0.717, 1.165) is 44.1 Å². The molecule has 2 aliphatic rings. The van der Waals surface area contributed by atoms with Crippen molar-refractivity contribution in [2.24, 2.45) is 5.92 Å². The Kier molecular flexibility index (Phi) is 5.91. The molecule has 2 aliphatic heterocycles. The largest absolute Gasteiger partial charge is 0.354 e. The van der Waals surface area contributed by atoms with Crippen LogP contribution in [0.25, 0.3) is 0 Å². The SMILES string of the molecule is O=C(NCC(c1cccs1)N1CCCC1)C1CC(=O)N(c2cc(F)cc(F)c2)C1. The normalized spacial score (nSPS) is 21.0. The highest BCUT2D eigenvalue weighted by molar-refractivity contribution is 7.10. The number of nitrogens with zero attached hydrogens (tertiary/aromatic N) is 2. The fourth-order valence-corrected chi connectivity index (χ4v) is 4.97. The van der Waals surface area contributed by atoms with Crippen LogP contribution in [-0.4, -0.2) is 42.9 Å². The Morgan fingerprint density at radius 2 is 1.93 bits per heavy atom. The number of benzene rings is 1. The molecule has 5 nitrogen and oxygen atoms in total. The molecule has 2 aromatic rings. The second kappa shape index (κ2) is 8.59. The van der Waals surface area contributed by atoms with Gasteiger partial charge >= 0.3 is 0 Å². The summed E-state index contributed by atoms with van der Waals surface area (Å²) < 4.78 is 27.0. The van der Waals surface area contributed by atoms with Gasteiger partial charge in [0.2, 0.25) is 11.8 Å². The Labute approximate surface area is 172 Å². The molecule has 1 aromatic carbocycles. The standard InChI is InChI=1S/C21H23F2N3O2S/c22-15-9-16(23)11-17(10-15)26-13-14(8-20(26)27)21(28)24-12-18(19-4-3-7-29-19)25-5-1-2-6-25/h3-4,7,9-11,14,18H,1-2,5-6,8,12-13H2,(H,24,28). The van der Waals surface area contributed by atoms with Crippen LogP contribution in [0.4, 0.5) is 14.5 Å². The lowest BCUT2D eigenvalue weighted by molar-refractivity contribution is -0.126. The number of thiophene rings is 1. The minimum absolute atomic E-state index is 0.0390. The average molecular weight is 419 g/mol. The molecule has 2 amide bonds. The van der Waals surface area contributed by atoms with Crippen molar-refractivity contribution in [2.75, 3.05) is 31.1 Å². The molecule has 2 saturated heterocycles. The Balaban J connectivity index is 1.40. The topological polar surface area (TPSA) is 52.7 Å². The molecule has 29 heavy (non-hydrogen) atoms. The van der Waals surface area contributed by atoms with Gasteiger partial charge in [-0.3, -0.25) is 14.5 Å². The average Bonchev–Trinajstić information content (AvgIpc) is 3.43. The van der Waals surface area contributed by atoms with E-state index in [0.29, 0.717) is 6.54 Å². The maximum atomic E-state index is 13.5. The van der Waals surface area contributed by atoms with Crippen molar-refractivity contribution >= 4 is 28.8 Å². The molecule has 0 spiro atoms. The smallest absolute Gasteiger partial charge is 0.227 e. The fraction of sp³-hybridized carbons (Fsp3) is 0.429. The van der Waals surface area contributed by atoms with E-state index in [1.807, 2.05) is 11.4 Å². The summed E-state index contributed by atoms with van der Waals surface area (Å²) >= 11 is 1.68. The van der Waals surface area contributed by atoms with Gasteiger partial charge in [0.1, 0.15) is 11.6 Å². The Hall–Kier alpha value is -2.32. The molecule has 0 bridgehead atoms. The van der Waals surface area contributed by atoms with E-state index in [1.54, 1.807) is 11.3 Å². The van der Waals surface area contributed by atoms with E-state index in [4.69, 9.17) is 0 Å². The molecular formula is C21H23F2N3O2S. The molecule has 1 N–H and O–H groups in total. The van der Waals surface area contributed by atoms with Gasteiger partial charge in [-0.25, -0.2) is 8.78 Å². The van der Waals surface area contributed by atoms with Crippen molar-refractivity contribution in [2.45, 2.75) is 25.3 Å². The molecule has 2 unspecified atom stereocenters. The number of nitrogens with one attached hydrogen (secondary N) is 1. The number of amides is 2. The summed E-state index contributed by atoms with van der Waals surface area (Å²) in [6, 6.07) is 7.21. The first-order valence-electron chi connectivity index (χ1n) is 9.83. The van der Waals surface area contributed by atoms with Crippen LogP contribution in [0.15, 0.2) is 35.7 Å². The van der Waals surface area contributed by atoms with E-state index >= 15 is 0 Å². The lowest BCUT2D eigenvalue weighted by atomic mass is 10.1. The first-order chi connectivity index (χ1) is 14.0. The lowest BCUT2D eigenvalue weighted by Crippen LogP contribution is -2.39. The van der Waals surface area contributed by atoms with Crippen molar-refractivity contribution in [3.05, 3.63) is 52.2 Å². The molecule has 3 heterocycles. The second-order valence-electron chi connectivity index (χ2n) is 7.55. The highest BCUT2D eigenvalue weighted by Crippen LogP contribution is 2.29. The Morgan fingerprint density at radius 3 is 2.59 bits per heavy atom. The summed E-state index contributed by atoms with van der Waals surface area (Å²) in [6.45, 7) is 2.64. The van der Waals surface area contributed by atoms with Crippen molar-refractivity contribution in [3.8, 4) is 0 Å². The number of halogens is 2. The molecule has 154 valence electrons. The van der Waals surface area contributed by atoms with E-state index in [-0.39, 0.29) is 36.5 Å². The first kappa shape index (κ1) is 20.0. The van der Waals surface area contributed by atoms with E-state index in [2.05, 4.69) is 16.3 Å². The van der Waals surface area contributed by atoms with Gasteiger partial charge < -0.3 is 10.2 Å². The molecule has 0 radical (unpaired) electrons. The minimum atomic E-state index is -0.745. The summed E-state index contributed by atoms with van der Waals surface area (Å²) in [5, 5.41) is 5.04. The predicted molar refractivity (Wildman–Crippen MR) is 108 cm³/mol. The maximum Gasteiger partial charge on any atom is 0.227 e. The molecule has 2 atom stereocenters. The van der Waals surface area contributed by atoms with Crippen LogP contribution in [0.5, 0.6) is 0 Å². The van der Waals surface area contributed by atoms with E-state index in [1.165, 1.54) is 9.78 Å². The van der Waals surface area contributed by atoms with Crippen LogP contribution in [0.1, 0.15) is 30.2 Å². The third-order valence-electron chi connectivity index (χ3n) is 5.58. The quantitative estimate of drug-likeness (QED) is 0.782. The van der Waals surface area contributed by atoms with Crippen LogP contribution in [0.3, 0.4) is 0 Å². The third-order valence-corrected chi connectivity index (χ3v) is 6.55. The Bertz CT molecular complexity index is 864. The molecule has 1 aromatic heterocycles. The van der Waals surface area contributed by atoms with Crippen molar-refractivity contribution in [3.63, 3.8) is 0 Å². The highest BCUT2D eigenvalue weighted by atomic mass is 32.1. The number of anilines is 1. The van der Waals surface area contributed by atoms with Crippen LogP contribution in [0, 0.1) is 17.6 Å². The van der Waals surface area contributed by atoms with E-state index < -0.39 is 17.6 Å². The maximum absolute atomic E-state index is 13.5. The number of hydrogen-bond donors (Lipinski definition) is 1. The van der Waals surface area contributed by atoms with Gasteiger partial charge in [0.05, 0.1) is 12.0 Å². The summed E-state index contributed by atoms with van der Waals surface area (Å²) in [4.78, 5) is 30.0. The fourth-order valence-electron chi connectivity index (χ4n) is 4.11. The minimum Gasteiger partial charge on any atom is -0.354 e. The number of likely N-dealkylation sites (tertiary alicyclic amines) is 1.